The van der Waals surface area contributed by atoms with E-state index in [-0.39, 0.29) is 12.7 Å². The van der Waals surface area contributed by atoms with Crippen LogP contribution in [0.15, 0.2) is 30.3 Å². The molecule has 0 aliphatic carbocycles. The molecule has 0 bridgehead atoms. The fourth-order valence-corrected chi connectivity index (χ4v) is 2.67. The maximum Gasteiger partial charge on any atom is 0.0793 e. The number of β-amino-alcohol motifs (C(OH)–C–C–N with tert-alkyl or cyclic N) is 1. The van der Waals surface area contributed by atoms with Gasteiger partial charge < -0.3 is 14.9 Å². The van der Waals surface area contributed by atoms with Gasteiger partial charge in [0.05, 0.1) is 25.9 Å². The molecule has 0 saturated carbocycles. The fourth-order valence-electron chi connectivity index (χ4n) is 2.67. The van der Waals surface area contributed by atoms with Crippen molar-refractivity contribution in [3.63, 3.8) is 0 Å². The van der Waals surface area contributed by atoms with Crippen LogP contribution in [0.3, 0.4) is 0 Å². The second-order valence-corrected chi connectivity index (χ2v) is 5.51. The molecular formula is C16H26N2O3. The van der Waals surface area contributed by atoms with E-state index >= 15 is 0 Å². The molecule has 1 aromatic carbocycles. The van der Waals surface area contributed by atoms with Gasteiger partial charge >= 0.3 is 0 Å². The van der Waals surface area contributed by atoms with Gasteiger partial charge in [-0.25, -0.2) is 0 Å². The molecule has 0 radical (unpaired) electrons. The Morgan fingerprint density at radius 2 is 1.76 bits per heavy atom. The van der Waals surface area contributed by atoms with E-state index in [1.54, 1.807) is 0 Å². The molecule has 2 rings (SSSR count). The highest BCUT2D eigenvalue weighted by atomic mass is 16.5. The van der Waals surface area contributed by atoms with Crippen LogP contribution in [0, 0.1) is 0 Å². The molecule has 0 aromatic heterocycles. The summed E-state index contributed by atoms with van der Waals surface area (Å²) in [6.45, 7) is 6.02. The molecule has 2 N–H and O–H groups in total. The summed E-state index contributed by atoms with van der Waals surface area (Å²) in [5, 5.41) is 18.8. The molecule has 1 aliphatic rings. The number of aliphatic hydroxyl groups is 2. The van der Waals surface area contributed by atoms with E-state index in [2.05, 4.69) is 21.9 Å². The normalized spacial score (nSPS) is 21.3. The van der Waals surface area contributed by atoms with Crippen molar-refractivity contribution in [1.82, 2.24) is 9.80 Å². The molecule has 0 amide bonds. The van der Waals surface area contributed by atoms with Gasteiger partial charge in [-0.2, -0.15) is 0 Å². The first kappa shape index (κ1) is 16.4. The Morgan fingerprint density at radius 3 is 2.52 bits per heavy atom. The number of hydrogen-bond donors (Lipinski definition) is 2. The van der Waals surface area contributed by atoms with Crippen molar-refractivity contribution in [3.8, 4) is 0 Å². The second kappa shape index (κ2) is 9.12. The topological polar surface area (TPSA) is 56.2 Å². The van der Waals surface area contributed by atoms with E-state index in [0.717, 1.165) is 26.2 Å². The quantitative estimate of drug-likeness (QED) is 0.702. The Morgan fingerprint density at radius 1 is 1.05 bits per heavy atom. The van der Waals surface area contributed by atoms with Crippen LogP contribution in [-0.4, -0.2) is 78.7 Å². The number of hydrogen-bond acceptors (Lipinski definition) is 5. The molecule has 1 heterocycles. The van der Waals surface area contributed by atoms with Gasteiger partial charge in [0.1, 0.15) is 0 Å². The molecular weight excluding hydrogens is 268 g/mol. The Kier molecular flexibility index (Phi) is 7.12. The second-order valence-electron chi connectivity index (χ2n) is 5.51. The highest BCUT2D eigenvalue weighted by Crippen LogP contribution is 2.09. The molecule has 1 aromatic rings. The number of ether oxygens (including phenoxy) is 1. The van der Waals surface area contributed by atoms with E-state index in [4.69, 9.17) is 9.84 Å². The third-order valence-corrected chi connectivity index (χ3v) is 3.71. The van der Waals surface area contributed by atoms with Crippen molar-refractivity contribution in [3.05, 3.63) is 35.9 Å². The number of benzene rings is 1. The van der Waals surface area contributed by atoms with Gasteiger partial charge in [0.2, 0.25) is 0 Å². The minimum absolute atomic E-state index is 0.0630. The summed E-state index contributed by atoms with van der Waals surface area (Å²) < 4.78 is 5.30. The molecule has 5 nitrogen and oxygen atoms in total. The predicted molar refractivity (Wildman–Crippen MR) is 82.1 cm³/mol. The molecule has 1 fully saturated rings. The summed E-state index contributed by atoms with van der Waals surface area (Å²) in [5.41, 5.74) is 1.28. The van der Waals surface area contributed by atoms with Gasteiger partial charge in [-0.3, -0.25) is 9.80 Å². The van der Waals surface area contributed by atoms with Crippen LogP contribution in [0.25, 0.3) is 0 Å². The van der Waals surface area contributed by atoms with Crippen molar-refractivity contribution in [2.24, 2.45) is 0 Å². The molecule has 5 heteroatoms. The minimum atomic E-state index is -0.325. The Balaban J connectivity index is 1.77. The van der Waals surface area contributed by atoms with Crippen LogP contribution in [-0.2, 0) is 11.3 Å². The zero-order chi connectivity index (χ0) is 14.9. The highest BCUT2D eigenvalue weighted by molar-refractivity contribution is 5.14. The Labute approximate surface area is 126 Å². The number of aliphatic hydroxyl groups excluding tert-OH is 2. The number of rotatable bonds is 7. The van der Waals surface area contributed by atoms with Gasteiger partial charge in [-0.1, -0.05) is 30.3 Å². The molecule has 118 valence electrons. The van der Waals surface area contributed by atoms with Gasteiger partial charge in [-0.05, 0) is 5.56 Å². The van der Waals surface area contributed by atoms with E-state index in [1.165, 1.54) is 5.56 Å². The van der Waals surface area contributed by atoms with E-state index in [0.29, 0.717) is 26.3 Å². The van der Waals surface area contributed by atoms with Crippen LogP contribution in [0.5, 0.6) is 0 Å². The van der Waals surface area contributed by atoms with E-state index < -0.39 is 0 Å². The average molecular weight is 294 g/mol. The smallest absolute Gasteiger partial charge is 0.0793 e. The SMILES string of the molecule is OCCOCCN1CCN(Cc2ccccc2)CC(O)C1. The minimum Gasteiger partial charge on any atom is -0.394 e. The van der Waals surface area contributed by atoms with Crippen molar-refractivity contribution < 1.29 is 14.9 Å². The van der Waals surface area contributed by atoms with Crippen molar-refractivity contribution in [2.45, 2.75) is 12.6 Å². The average Bonchev–Trinajstić information content (AvgIpc) is 2.66. The fraction of sp³-hybridized carbons (Fsp3) is 0.625. The van der Waals surface area contributed by atoms with E-state index in [1.807, 2.05) is 18.2 Å². The van der Waals surface area contributed by atoms with Crippen molar-refractivity contribution >= 4 is 0 Å². The van der Waals surface area contributed by atoms with Crippen LogP contribution in [0.1, 0.15) is 5.56 Å². The summed E-state index contributed by atoms with van der Waals surface area (Å²) in [7, 11) is 0. The van der Waals surface area contributed by atoms with Crippen molar-refractivity contribution in [1.29, 1.82) is 0 Å². The number of nitrogens with zero attached hydrogens (tertiary/aromatic N) is 2. The lowest BCUT2D eigenvalue weighted by molar-refractivity contribution is 0.0622. The first-order valence-electron chi connectivity index (χ1n) is 7.63. The third-order valence-electron chi connectivity index (χ3n) is 3.71. The zero-order valence-corrected chi connectivity index (χ0v) is 12.5. The van der Waals surface area contributed by atoms with Gasteiger partial charge in [0, 0.05) is 39.3 Å². The van der Waals surface area contributed by atoms with Gasteiger partial charge in [0.25, 0.3) is 0 Å². The first-order valence-corrected chi connectivity index (χ1v) is 7.63. The molecule has 1 atom stereocenters. The van der Waals surface area contributed by atoms with Crippen LogP contribution in [0.2, 0.25) is 0 Å². The van der Waals surface area contributed by atoms with Gasteiger partial charge in [-0.15, -0.1) is 0 Å². The van der Waals surface area contributed by atoms with Crippen LogP contribution in [0.4, 0.5) is 0 Å². The summed E-state index contributed by atoms with van der Waals surface area (Å²) in [6.07, 6.45) is -0.325. The maximum atomic E-state index is 10.1. The molecule has 1 aliphatic heterocycles. The lowest BCUT2D eigenvalue weighted by Crippen LogP contribution is -2.35. The summed E-state index contributed by atoms with van der Waals surface area (Å²) in [6, 6.07) is 10.4. The molecule has 0 spiro atoms. The third kappa shape index (κ3) is 6.11. The summed E-state index contributed by atoms with van der Waals surface area (Å²) in [4.78, 5) is 4.53. The monoisotopic (exact) mass is 294 g/mol. The predicted octanol–water partition coefficient (Wildman–Crippen LogP) is 0.174. The van der Waals surface area contributed by atoms with Crippen LogP contribution >= 0.6 is 0 Å². The largest absolute Gasteiger partial charge is 0.394 e. The van der Waals surface area contributed by atoms with E-state index in [9.17, 15) is 5.11 Å². The highest BCUT2D eigenvalue weighted by Gasteiger charge is 2.20. The lowest BCUT2D eigenvalue weighted by atomic mass is 10.2. The first-order chi connectivity index (χ1) is 10.3. The zero-order valence-electron chi connectivity index (χ0n) is 12.5. The maximum absolute atomic E-state index is 10.1. The Bertz CT molecular complexity index is 388. The standard InChI is InChI=1S/C16H26N2O3/c19-9-11-21-10-8-17-6-7-18(14-16(20)13-17)12-15-4-2-1-3-5-15/h1-5,16,19-20H,6-14H2. The lowest BCUT2D eigenvalue weighted by Gasteiger charge is -2.21. The Hall–Kier alpha value is -0.980. The molecule has 21 heavy (non-hydrogen) atoms. The summed E-state index contributed by atoms with van der Waals surface area (Å²) >= 11 is 0. The summed E-state index contributed by atoms with van der Waals surface area (Å²) in [5.74, 6) is 0. The molecule has 1 unspecified atom stereocenters. The van der Waals surface area contributed by atoms with Gasteiger partial charge in [0.15, 0.2) is 0 Å². The van der Waals surface area contributed by atoms with Crippen LogP contribution < -0.4 is 0 Å². The molecule has 1 saturated heterocycles. The van der Waals surface area contributed by atoms with Crippen molar-refractivity contribution in [2.75, 3.05) is 52.5 Å².